The number of nitrogens with zero attached hydrogens (tertiary/aromatic N) is 2. The summed E-state index contributed by atoms with van der Waals surface area (Å²) in [5.74, 6) is 1.90. The van der Waals surface area contributed by atoms with Crippen LogP contribution in [0.4, 0.5) is 0 Å². The zero-order valence-corrected chi connectivity index (χ0v) is 19.8. The Balaban J connectivity index is 1.47. The molecule has 1 heterocycles. The van der Waals surface area contributed by atoms with Gasteiger partial charge in [-0.15, -0.1) is 0 Å². The van der Waals surface area contributed by atoms with Crippen molar-refractivity contribution >= 4 is 16.9 Å². The predicted molar refractivity (Wildman–Crippen MR) is 133 cm³/mol. The van der Waals surface area contributed by atoms with E-state index in [4.69, 9.17) is 9.72 Å². The molecule has 0 radical (unpaired) electrons. The highest BCUT2D eigenvalue weighted by atomic mass is 16.5. The van der Waals surface area contributed by atoms with Gasteiger partial charge in [0, 0.05) is 6.54 Å². The molecule has 5 heteroatoms. The number of para-hydroxylation sites is 2. The highest BCUT2D eigenvalue weighted by molar-refractivity contribution is 5.78. The molecule has 0 bridgehead atoms. The van der Waals surface area contributed by atoms with Crippen molar-refractivity contribution in [3.63, 3.8) is 0 Å². The van der Waals surface area contributed by atoms with Gasteiger partial charge in [-0.3, -0.25) is 4.79 Å². The molecule has 0 fully saturated rings. The largest absolute Gasteiger partial charge is 0.483 e. The van der Waals surface area contributed by atoms with E-state index in [9.17, 15) is 4.79 Å². The number of hydrogen-bond donors (Lipinski definition) is 1. The van der Waals surface area contributed by atoms with Crippen molar-refractivity contribution in [1.82, 2.24) is 14.9 Å². The minimum Gasteiger partial charge on any atom is -0.483 e. The topological polar surface area (TPSA) is 56.1 Å². The number of aromatic nitrogens is 2. The van der Waals surface area contributed by atoms with E-state index in [1.807, 2.05) is 50.2 Å². The van der Waals surface area contributed by atoms with Gasteiger partial charge >= 0.3 is 0 Å². The van der Waals surface area contributed by atoms with Crippen molar-refractivity contribution in [2.45, 2.75) is 46.7 Å². The highest BCUT2D eigenvalue weighted by Gasteiger charge is 2.13. The van der Waals surface area contributed by atoms with Crippen molar-refractivity contribution in [2.24, 2.45) is 0 Å². The molecule has 170 valence electrons. The van der Waals surface area contributed by atoms with Crippen LogP contribution in [0.3, 0.4) is 0 Å². The number of carbonyl (C=O) groups excluding carboxylic acids is 1. The maximum atomic E-state index is 12.5. The third-order valence-corrected chi connectivity index (χ3v) is 5.87. The summed E-state index contributed by atoms with van der Waals surface area (Å²) in [4.78, 5) is 17.3. The molecule has 0 aliphatic rings. The molecule has 0 saturated carbocycles. The molecule has 1 aromatic heterocycles. The molecule has 1 amide bonds. The Morgan fingerprint density at radius 1 is 1.03 bits per heavy atom. The first-order valence-corrected chi connectivity index (χ1v) is 11.4. The van der Waals surface area contributed by atoms with E-state index in [1.165, 1.54) is 11.1 Å². The van der Waals surface area contributed by atoms with Gasteiger partial charge in [-0.1, -0.05) is 62.4 Å². The smallest absolute Gasteiger partial charge is 0.258 e. The average molecular weight is 442 g/mol. The number of amides is 1. The van der Waals surface area contributed by atoms with E-state index in [2.05, 4.69) is 54.1 Å². The van der Waals surface area contributed by atoms with Gasteiger partial charge in [0.2, 0.25) is 0 Å². The summed E-state index contributed by atoms with van der Waals surface area (Å²) in [6.07, 6.45) is 0. The fourth-order valence-corrected chi connectivity index (χ4v) is 3.86. The zero-order valence-electron chi connectivity index (χ0n) is 19.8. The van der Waals surface area contributed by atoms with Crippen molar-refractivity contribution in [2.75, 3.05) is 6.61 Å². The van der Waals surface area contributed by atoms with E-state index >= 15 is 0 Å². The summed E-state index contributed by atoms with van der Waals surface area (Å²) in [6, 6.07) is 22.8. The van der Waals surface area contributed by atoms with Gasteiger partial charge in [0.1, 0.15) is 11.6 Å². The summed E-state index contributed by atoms with van der Waals surface area (Å²) in [5, 5.41) is 2.97. The van der Waals surface area contributed by atoms with Gasteiger partial charge in [0.05, 0.1) is 17.6 Å². The van der Waals surface area contributed by atoms with E-state index in [-0.39, 0.29) is 12.5 Å². The van der Waals surface area contributed by atoms with E-state index in [0.717, 1.165) is 33.7 Å². The Hall–Kier alpha value is -3.60. The zero-order chi connectivity index (χ0) is 23.4. The first kappa shape index (κ1) is 22.6. The number of carbonyl (C=O) groups is 1. The number of imidazole rings is 1. The van der Waals surface area contributed by atoms with Crippen molar-refractivity contribution in [3.05, 3.63) is 94.8 Å². The van der Waals surface area contributed by atoms with E-state index in [0.29, 0.717) is 19.0 Å². The summed E-state index contributed by atoms with van der Waals surface area (Å²) >= 11 is 0. The van der Waals surface area contributed by atoms with Crippen molar-refractivity contribution < 1.29 is 9.53 Å². The molecule has 0 atom stereocenters. The first-order valence-electron chi connectivity index (χ1n) is 11.4. The molecular formula is C28H31N3O2. The van der Waals surface area contributed by atoms with Crippen LogP contribution in [-0.4, -0.2) is 22.1 Å². The molecule has 4 aromatic rings. The second-order valence-electron chi connectivity index (χ2n) is 8.83. The summed E-state index contributed by atoms with van der Waals surface area (Å²) < 4.78 is 7.92. The highest BCUT2D eigenvalue weighted by Crippen LogP contribution is 2.21. The number of hydrogen-bond acceptors (Lipinski definition) is 3. The lowest BCUT2D eigenvalue weighted by molar-refractivity contribution is -0.123. The number of benzene rings is 3. The lowest BCUT2D eigenvalue weighted by Gasteiger charge is -2.13. The number of rotatable bonds is 8. The second-order valence-corrected chi connectivity index (χ2v) is 8.83. The summed E-state index contributed by atoms with van der Waals surface area (Å²) in [5.41, 5.74) is 6.62. The Bertz CT molecular complexity index is 1260. The van der Waals surface area contributed by atoms with Gasteiger partial charge in [0.15, 0.2) is 6.61 Å². The molecule has 0 aliphatic heterocycles. The first-order chi connectivity index (χ1) is 15.9. The number of ether oxygens (including phenoxy) is 1. The van der Waals surface area contributed by atoms with Crippen LogP contribution < -0.4 is 10.1 Å². The Morgan fingerprint density at radius 3 is 2.55 bits per heavy atom. The Kier molecular flexibility index (Phi) is 6.78. The third-order valence-electron chi connectivity index (χ3n) is 5.87. The molecule has 3 aromatic carbocycles. The number of fused-ring (bicyclic) bond motifs is 1. The van der Waals surface area contributed by atoms with Crippen LogP contribution in [0.2, 0.25) is 0 Å². The standard InChI is InChI=1S/C28H31N3O2/c1-19(2)23-13-11-22(12-14-23)17-31-25-8-6-5-7-24(25)30-27(31)16-29-28(32)18-33-26-15-20(3)9-10-21(26)4/h5-15,19H,16-18H2,1-4H3,(H,29,32). The molecule has 0 spiro atoms. The van der Waals surface area contributed by atoms with Gasteiger partial charge in [-0.25, -0.2) is 4.98 Å². The lowest BCUT2D eigenvalue weighted by atomic mass is 10.0. The van der Waals surface area contributed by atoms with Gasteiger partial charge < -0.3 is 14.6 Å². The fourth-order valence-electron chi connectivity index (χ4n) is 3.86. The molecule has 33 heavy (non-hydrogen) atoms. The normalized spacial score (nSPS) is 11.2. The van der Waals surface area contributed by atoms with Crippen LogP contribution in [-0.2, 0) is 17.9 Å². The van der Waals surface area contributed by atoms with Crippen LogP contribution >= 0.6 is 0 Å². The van der Waals surface area contributed by atoms with E-state index < -0.39 is 0 Å². The van der Waals surface area contributed by atoms with Crippen LogP contribution in [0.1, 0.15) is 47.8 Å². The van der Waals surface area contributed by atoms with Crippen LogP contribution in [0, 0.1) is 13.8 Å². The van der Waals surface area contributed by atoms with Gasteiger partial charge in [-0.2, -0.15) is 0 Å². The SMILES string of the molecule is Cc1ccc(C)c(OCC(=O)NCc2nc3ccccc3n2Cc2ccc(C(C)C)cc2)c1. The van der Waals surface area contributed by atoms with E-state index in [1.54, 1.807) is 0 Å². The molecule has 0 unspecified atom stereocenters. The molecule has 4 rings (SSSR count). The minimum absolute atomic E-state index is 0.0266. The van der Waals surface area contributed by atoms with Gasteiger partial charge in [0.25, 0.3) is 5.91 Å². The number of aryl methyl sites for hydroxylation is 2. The van der Waals surface area contributed by atoms with Crippen LogP contribution in [0.25, 0.3) is 11.0 Å². The third kappa shape index (κ3) is 5.43. The second kappa shape index (κ2) is 9.90. The van der Waals surface area contributed by atoms with Crippen LogP contribution in [0.15, 0.2) is 66.7 Å². The lowest BCUT2D eigenvalue weighted by Crippen LogP contribution is -2.29. The summed E-state index contributed by atoms with van der Waals surface area (Å²) in [6.45, 7) is 9.39. The molecule has 1 N–H and O–H groups in total. The van der Waals surface area contributed by atoms with Crippen LogP contribution in [0.5, 0.6) is 5.75 Å². The molecular weight excluding hydrogens is 410 g/mol. The quantitative estimate of drug-likeness (QED) is 0.392. The van der Waals surface area contributed by atoms with Crippen molar-refractivity contribution in [1.29, 1.82) is 0 Å². The van der Waals surface area contributed by atoms with Gasteiger partial charge in [-0.05, 0) is 60.2 Å². The maximum Gasteiger partial charge on any atom is 0.258 e. The Morgan fingerprint density at radius 2 is 1.79 bits per heavy atom. The molecule has 5 nitrogen and oxygen atoms in total. The summed E-state index contributed by atoms with van der Waals surface area (Å²) in [7, 11) is 0. The average Bonchev–Trinajstić information content (AvgIpc) is 3.16. The minimum atomic E-state index is -0.171. The number of nitrogens with one attached hydrogen (secondary N) is 1. The monoisotopic (exact) mass is 441 g/mol. The predicted octanol–water partition coefficient (Wildman–Crippen LogP) is 5.52. The maximum absolute atomic E-state index is 12.5. The van der Waals surface area contributed by atoms with Crippen molar-refractivity contribution in [3.8, 4) is 5.75 Å². The molecule has 0 aliphatic carbocycles. The fraction of sp³-hybridized carbons (Fsp3) is 0.286. The Labute approximate surface area is 195 Å². The molecule has 0 saturated heterocycles.